The monoisotopic (exact) mass is 291 g/mol. The minimum Gasteiger partial charge on any atom is -0.337 e. The van der Waals surface area contributed by atoms with Crippen LogP contribution in [0.5, 0.6) is 0 Å². The normalized spacial score (nSPS) is 11.9. The number of carbonyl (C=O) groups is 1. The molecule has 2 aromatic heterocycles. The highest BCUT2D eigenvalue weighted by atomic mass is 16.5. The SMILES string of the molecule is CC[C@H](C)NC(=O)NCc1nc(-c2cc[nH]c(=O)c2)no1. The maximum Gasteiger partial charge on any atom is 0.315 e. The van der Waals surface area contributed by atoms with Crippen LogP contribution in [0, 0.1) is 0 Å². The van der Waals surface area contributed by atoms with Crippen LogP contribution >= 0.6 is 0 Å². The number of nitrogens with zero attached hydrogens (tertiary/aromatic N) is 2. The molecule has 0 bridgehead atoms. The van der Waals surface area contributed by atoms with E-state index in [0.717, 1.165) is 6.42 Å². The molecule has 2 heterocycles. The van der Waals surface area contributed by atoms with Crippen molar-refractivity contribution < 1.29 is 9.32 Å². The van der Waals surface area contributed by atoms with Gasteiger partial charge < -0.3 is 20.1 Å². The third kappa shape index (κ3) is 4.16. The Labute approximate surface area is 121 Å². The minimum atomic E-state index is -0.291. The highest BCUT2D eigenvalue weighted by Gasteiger charge is 2.10. The molecule has 2 aromatic rings. The summed E-state index contributed by atoms with van der Waals surface area (Å²) in [5.74, 6) is 0.574. The molecule has 0 aromatic carbocycles. The molecular weight excluding hydrogens is 274 g/mol. The Morgan fingerprint density at radius 3 is 3.05 bits per heavy atom. The predicted octanol–water partition coefficient (Wildman–Crippen LogP) is 1.02. The molecule has 0 saturated heterocycles. The van der Waals surface area contributed by atoms with Crippen LogP contribution < -0.4 is 16.2 Å². The highest BCUT2D eigenvalue weighted by Crippen LogP contribution is 2.12. The molecule has 0 saturated carbocycles. The minimum absolute atomic E-state index is 0.0966. The van der Waals surface area contributed by atoms with Crippen molar-refractivity contribution in [1.29, 1.82) is 0 Å². The van der Waals surface area contributed by atoms with Crippen LogP contribution in [-0.4, -0.2) is 27.2 Å². The van der Waals surface area contributed by atoms with Crippen molar-refractivity contribution in [3.05, 3.63) is 34.6 Å². The fourth-order valence-corrected chi connectivity index (χ4v) is 1.56. The molecule has 1 atom stereocenters. The summed E-state index contributed by atoms with van der Waals surface area (Å²) in [4.78, 5) is 29.4. The van der Waals surface area contributed by atoms with Gasteiger partial charge in [-0.15, -0.1) is 0 Å². The van der Waals surface area contributed by atoms with Gasteiger partial charge in [0, 0.05) is 23.9 Å². The number of amides is 2. The van der Waals surface area contributed by atoms with Gasteiger partial charge >= 0.3 is 6.03 Å². The lowest BCUT2D eigenvalue weighted by molar-refractivity contribution is 0.235. The van der Waals surface area contributed by atoms with Gasteiger partial charge in [0.25, 0.3) is 0 Å². The van der Waals surface area contributed by atoms with E-state index in [1.807, 2.05) is 13.8 Å². The molecule has 0 aliphatic rings. The lowest BCUT2D eigenvalue weighted by Crippen LogP contribution is -2.40. The van der Waals surface area contributed by atoms with E-state index in [-0.39, 0.29) is 30.1 Å². The van der Waals surface area contributed by atoms with E-state index in [2.05, 4.69) is 25.8 Å². The van der Waals surface area contributed by atoms with Gasteiger partial charge in [0.1, 0.15) is 0 Å². The van der Waals surface area contributed by atoms with E-state index in [1.165, 1.54) is 12.3 Å². The zero-order valence-corrected chi connectivity index (χ0v) is 11.8. The van der Waals surface area contributed by atoms with Gasteiger partial charge in [-0.25, -0.2) is 4.79 Å². The maximum absolute atomic E-state index is 11.5. The molecular formula is C13H17N5O3. The number of hydrogen-bond acceptors (Lipinski definition) is 5. The Hall–Kier alpha value is -2.64. The van der Waals surface area contributed by atoms with Crippen molar-refractivity contribution in [3.8, 4) is 11.4 Å². The van der Waals surface area contributed by atoms with Crippen LogP contribution in [0.4, 0.5) is 4.79 Å². The van der Waals surface area contributed by atoms with Crippen molar-refractivity contribution in [2.75, 3.05) is 0 Å². The number of carbonyl (C=O) groups excluding carboxylic acids is 1. The van der Waals surface area contributed by atoms with E-state index in [1.54, 1.807) is 6.07 Å². The Kier molecular flexibility index (Phi) is 4.70. The standard InChI is InChI=1S/C13H17N5O3/c1-3-8(2)16-13(20)15-7-11-17-12(18-21-11)9-4-5-14-10(19)6-9/h4-6,8H,3,7H2,1-2H3,(H,14,19)(H2,15,16,20)/t8-/m0/s1. The summed E-state index contributed by atoms with van der Waals surface area (Å²) in [7, 11) is 0. The molecule has 0 radical (unpaired) electrons. The molecule has 0 fully saturated rings. The fourth-order valence-electron chi connectivity index (χ4n) is 1.56. The third-order valence-electron chi connectivity index (χ3n) is 2.89. The first kappa shape index (κ1) is 14.8. The number of pyridine rings is 1. The predicted molar refractivity (Wildman–Crippen MR) is 75.5 cm³/mol. The summed E-state index contributed by atoms with van der Waals surface area (Å²) in [5, 5.41) is 9.16. The second-order valence-corrected chi connectivity index (χ2v) is 4.59. The Balaban J connectivity index is 1.95. The van der Waals surface area contributed by atoms with Crippen LogP contribution in [0.1, 0.15) is 26.2 Å². The summed E-state index contributed by atoms with van der Waals surface area (Å²) in [5.41, 5.74) is 0.308. The van der Waals surface area contributed by atoms with E-state index in [0.29, 0.717) is 11.4 Å². The summed E-state index contributed by atoms with van der Waals surface area (Å²) in [6, 6.07) is 2.84. The molecule has 21 heavy (non-hydrogen) atoms. The first-order valence-corrected chi connectivity index (χ1v) is 6.64. The number of rotatable bonds is 5. The number of urea groups is 1. The van der Waals surface area contributed by atoms with Gasteiger partial charge in [0.15, 0.2) is 0 Å². The molecule has 2 amide bonds. The van der Waals surface area contributed by atoms with Crippen molar-refractivity contribution in [2.24, 2.45) is 0 Å². The number of aromatic nitrogens is 3. The van der Waals surface area contributed by atoms with Gasteiger partial charge in [0.2, 0.25) is 17.3 Å². The van der Waals surface area contributed by atoms with E-state index in [4.69, 9.17) is 4.52 Å². The van der Waals surface area contributed by atoms with E-state index < -0.39 is 0 Å². The van der Waals surface area contributed by atoms with E-state index >= 15 is 0 Å². The average molecular weight is 291 g/mol. The topological polar surface area (TPSA) is 113 Å². The Bertz CT molecular complexity index is 664. The number of hydrogen-bond donors (Lipinski definition) is 3. The number of nitrogens with one attached hydrogen (secondary N) is 3. The smallest absolute Gasteiger partial charge is 0.315 e. The lowest BCUT2D eigenvalue weighted by Gasteiger charge is -2.11. The maximum atomic E-state index is 11.5. The average Bonchev–Trinajstić information content (AvgIpc) is 2.94. The largest absolute Gasteiger partial charge is 0.337 e. The fraction of sp³-hybridized carbons (Fsp3) is 0.385. The van der Waals surface area contributed by atoms with Gasteiger partial charge in [-0.05, 0) is 19.4 Å². The Morgan fingerprint density at radius 1 is 1.52 bits per heavy atom. The van der Waals surface area contributed by atoms with Crippen molar-refractivity contribution in [3.63, 3.8) is 0 Å². The van der Waals surface area contributed by atoms with Crippen LogP contribution in [0.25, 0.3) is 11.4 Å². The highest BCUT2D eigenvalue weighted by molar-refractivity contribution is 5.74. The molecule has 0 unspecified atom stereocenters. The summed E-state index contributed by atoms with van der Waals surface area (Å²) in [6.07, 6.45) is 2.35. The molecule has 112 valence electrons. The van der Waals surface area contributed by atoms with Gasteiger partial charge in [-0.2, -0.15) is 4.98 Å². The van der Waals surface area contributed by atoms with Gasteiger partial charge in [-0.1, -0.05) is 12.1 Å². The third-order valence-corrected chi connectivity index (χ3v) is 2.89. The number of H-pyrrole nitrogens is 1. The molecule has 2 rings (SSSR count). The van der Waals surface area contributed by atoms with Gasteiger partial charge in [0.05, 0.1) is 6.54 Å². The lowest BCUT2D eigenvalue weighted by atomic mass is 10.2. The second kappa shape index (κ2) is 6.69. The number of aromatic amines is 1. The zero-order valence-electron chi connectivity index (χ0n) is 11.8. The first-order valence-electron chi connectivity index (χ1n) is 6.64. The molecule has 3 N–H and O–H groups in total. The van der Waals surface area contributed by atoms with E-state index in [9.17, 15) is 9.59 Å². The molecule has 0 aliphatic heterocycles. The van der Waals surface area contributed by atoms with Crippen LogP contribution in [0.3, 0.4) is 0 Å². The molecule has 0 aliphatic carbocycles. The van der Waals surface area contributed by atoms with Gasteiger partial charge in [-0.3, -0.25) is 4.79 Å². The summed E-state index contributed by atoms with van der Waals surface area (Å²) in [6.45, 7) is 4.02. The first-order chi connectivity index (χ1) is 10.1. The quantitative estimate of drug-likeness (QED) is 0.761. The van der Waals surface area contributed by atoms with Crippen LogP contribution in [-0.2, 0) is 6.54 Å². The van der Waals surface area contributed by atoms with Crippen molar-refractivity contribution in [1.82, 2.24) is 25.8 Å². The molecule has 8 nitrogen and oxygen atoms in total. The van der Waals surface area contributed by atoms with Crippen LogP contribution in [0.15, 0.2) is 27.6 Å². The summed E-state index contributed by atoms with van der Waals surface area (Å²) >= 11 is 0. The Morgan fingerprint density at radius 2 is 2.33 bits per heavy atom. The van der Waals surface area contributed by atoms with Crippen LogP contribution in [0.2, 0.25) is 0 Å². The summed E-state index contributed by atoms with van der Waals surface area (Å²) < 4.78 is 5.02. The zero-order chi connectivity index (χ0) is 15.2. The molecule has 8 heteroatoms. The second-order valence-electron chi connectivity index (χ2n) is 4.59. The van der Waals surface area contributed by atoms with Crippen molar-refractivity contribution >= 4 is 6.03 Å². The van der Waals surface area contributed by atoms with Crippen molar-refractivity contribution in [2.45, 2.75) is 32.9 Å². The molecule has 0 spiro atoms.